The van der Waals surface area contributed by atoms with Crippen LogP contribution in [0.3, 0.4) is 0 Å². The van der Waals surface area contributed by atoms with Gasteiger partial charge in [0.25, 0.3) is 0 Å². The fraction of sp³-hybridized carbons (Fsp3) is 0.0952. The van der Waals surface area contributed by atoms with Crippen LogP contribution >= 0.6 is 22.9 Å². The number of benzene rings is 2. The summed E-state index contributed by atoms with van der Waals surface area (Å²) in [6, 6.07) is 14.8. The molecule has 0 atom stereocenters. The van der Waals surface area contributed by atoms with Gasteiger partial charge in [0.2, 0.25) is 0 Å². The summed E-state index contributed by atoms with van der Waals surface area (Å²) >= 11 is 7.48. The number of esters is 1. The molecule has 2 aromatic heterocycles. The molecule has 0 unspecified atom stereocenters. The minimum Gasteiger partial charge on any atom is -0.465 e. The van der Waals surface area contributed by atoms with E-state index >= 15 is 0 Å². The Morgan fingerprint density at radius 1 is 1.14 bits per heavy atom. The Morgan fingerprint density at radius 3 is 2.69 bits per heavy atom. The number of nitrogens with one attached hydrogen (secondary N) is 1. The maximum absolute atomic E-state index is 12.1. The Morgan fingerprint density at radius 2 is 1.93 bits per heavy atom. The highest BCUT2D eigenvalue weighted by atomic mass is 35.5. The molecule has 0 spiro atoms. The number of anilines is 2. The normalized spacial score (nSPS) is 10.7. The molecule has 6 nitrogen and oxygen atoms in total. The largest absolute Gasteiger partial charge is 0.465 e. The number of nitrogens with zero attached hydrogens (tertiary/aromatic N) is 2. The fourth-order valence-electron chi connectivity index (χ4n) is 2.89. The van der Waals surface area contributed by atoms with Crippen LogP contribution in [0.15, 0.2) is 54.9 Å². The van der Waals surface area contributed by atoms with Crippen LogP contribution < -0.4 is 10.1 Å². The molecule has 0 bridgehead atoms. The number of carbonyl (C=O) groups excluding carboxylic acids is 1. The van der Waals surface area contributed by atoms with E-state index in [1.807, 2.05) is 37.3 Å². The third-order valence-electron chi connectivity index (χ3n) is 4.26. The van der Waals surface area contributed by atoms with E-state index in [-0.39, 0.29) is 0 Å². The van der Waals surface area contributed by atoms with Crippen LogP contribution in [0, 0.1) is 6.92 Å². The summed E-state index contributed by atoms with van der Waals surface area (Å²) in [5, 5.41) is 4.59. The zero-order valence-electron chi connectivity index (χ0n) is 15.6. The molecular formula is C21H16ClN3O3S. The van der Waals surface area contributed by atoms with Gasteiger partial charge in [0, 0.05) is 5.02 Å². The first-order chi connectivity index (χ1) is 14.1. The summed E-state index contributed by atoms with van der Waals surface area (Å²) < 4.78 is 10.9. The van der Waals surface area contributed by atoms with Crippen molar-refractivity contribution in [1.82, 2.24) is 9.97 Å². The lowest BCUT2D eigenvalue weighted by molar-refractivity contribution is 0.0605. The van der Waals surface area contributed by atoms with Gasteiger partial charge in [-0.2, -0.15) is 0 Å². The average Bonchev–Trinajstić information content (AvgIpc) is 3.08. The molecule has 4 aromatic rings. The van der Waals surface area contributed by atoms with Crippen LogP contribution in [0.2, 0.25) is 5.02 Å². The van der Waals surface area contributed by atoms with Gasteiger partial charge in [-0.05, 0) is 42.8 Å². The standard InChI is InChI=1S/C21H16ClN3O3S/c1-12-17-19(23-11-24-20(17)29-18(12)21(26)27-2)25-15-10-13(22)8-9-16(15)28-14-6-4-3-5-7-14/h3-11H,1-2H3,(H,23,24,25). The zero-order chi connectivity index (χ0) is 20.4. The van der Waals surface area contributed by atoms with Crippen LogP contribution in [0.5, 0.6) is 11.5 Å². The van der Waals surface area contributed by atoms with Gasteiger partial charge in [0.15, 0.2) is 5.75 Å². The van der Waals surface area contributed by atoms with Crippen molar-refractivity contribution in [1.29, 1.82) is 0 Å². The first-order valence-electron chi connectivity index (χ1n) is 8.68. The summed E-state index contributed by atoms with van der Waals surface area (Å²) in [6.45, 7) is 1.85. The van der Waals surface area contributed by atoms with Crippen LogP contribution in [-0.2, 0) is 4.74 Å². The Balaban J connectivity index is 1.76. The predicted octanol–water partition coefficient (Wildman–Crippen LogP) is 5.98. The Bertz CT molecular complexity index is 1190. The summed E-state index contributed by atoms with van der Waals surface area (Å²) in [7, 11) is 1.36. The molecule has 0 amide bonds. The van der Waals surface area contributed by atoms with Crippen molar-refractivity contribution < 1.29 is 14.3 Å². The predicted molar refractivity (Wildman–Crippen MR) is 115 cm³/mol. The van der Waals surface area contributed by atoms with Crippen LogP contribution in [0.4, 0.5) is 11.5 Å². The second-order valence-electron chi connectivity index (χ2n) is 6.13. The molecule has 8 heteroatoms. The molecule has 0 fully saturated rings. The van der Waals surface area contributed by atoms with E-state index in [1.165, 1.54) is 24.8 Å². The highest BCUT2D eigenvalue weighted by Crippen LogP contribution is 2.38. The monoisotopic (exact) mass is 425 g/mol. The van der Waals surface area contributed by atoms with Gasteiger partial charge in [0.05, 0.1) is 18.2 Å². The molecule has 0 aliphatic rings. The number of methoxy groups -OCH3 is 1. The Hall–Kier alpha value is -3.16. The van der Waals surface area contributed by atoms with Crippen LogP contribution in [-0.4, -0.2) is 23.0 Å². The van der Waals surface area contributed by atoms with E-state index in [1.54, 1.807) is 18.2 Å². The lowest BCUT2D eigenvalue weighted by Crippen LogP contribution is -2.01. The Kier molecular flexibility index (Phi) is 5.33. The van der Waals surface area contributed by atoms with E-state index < -0.39 is 5.97 Å². The van der Waals surface area contributed by atoms with Gasteiger partial charge in [-0.15, -0.1) is 11.3 Å². The van der Waals surface area contributed by atoms with Crippen molar-refractivity contribution >= 4 is 50.6 Å². The zero-order valence-corrected chi connectivity index (χ0v) is 17.2. The van der Waals surface area contributed by atoms with Gasteiger partial charge >= 0.3 is 5.97 Å². The second kappa shape index (κ2) is 8.06. The summed E-state index contributed by atoms with van der Waals surface area (Å²) in [5.41, 5.74) is 1.40. The van der Waals surface area contributed by atoms with Crippen molar-refractivity contribution in [3.8, 4) is 11.5 Å². The first kappa shape index (κ1) is 19.2. The number of aryl methyl sites for hydroxylation is 1. The molecule has 1 N–H and O–H groups in total. The average molecular weight is 426 g/mol. The highest BCUT2D eigenvalue weighted by Gasteiger charge is 2.20. The number of carbonyl (C=O) groups is 1. The number of ether oxygens (including phenoxy) is 2. The maximum atomic E-state index is 12.1. The summed E-state index contributed by atoms with van der Waals surface area (Å²) in [5.74, 6) is 1.45. The molecule has 2 heterocycles. The van der Waals surface area contributed by atoms with Gasteiger partial charge in [-0.1, -0.05) is 29.8 Å². The number of aromatic nitrogens is 2. The van der Waals surface area contributed by atoms with E-state index in [4.69, 9.17) is 21.1 Å². The fourth-order valence-corrected chi connectivity index (χ4v) is 4.12. The van der Waals surface area contributed by atoms with E-state index in [9.17, 15) is 4.79 Å². The Labute approximate surface area is 176 Å². The number of thiophene rings is 1. The van der Waals surface area contributed by atoms with Crippen molar-refractivity contribution in [2.45, 2.75) is 6.92 Å². The molecular weight excluding hydrogens is 410 g/mol. The van der Waals surface area contributed by atoms with Crippen LogP contribution in [0.25, 0.3) is 10.2 Å². The minimum atomic E-state index is -0.396. The summed E-state index contributed by atoms with van der Waals surface area (Å²) in [4.78, 5) is 21.9. The van der Waals surface area contributed by atoms with E-state index in [2.05, 4.69) is 15.3 Å². The van der Waals surface area contributed by atoms with Crippen molar-refractivity contribution in [2.24, 2.45) is 0 Å². The van der Waals surface area contributed by atoms with E-state index in [0.29, 0.717) is 37.7 Å². The number of para-hydroxylation sites is 1. The SMILES string of the molecule is COC(=O)c1sc2ncnc(Nc3cc(Cl)ccc3Oc3ccccc3)c2c1C. The number of fused-ring (bicyclic) bond motifs is 1. The molecule has 29 heavy (non-hydrogen) atoms. The van der Waals surface area contributed by atoms with Crippen molar-refractivity contribution in [3.05, 3.63) is 70.3 Å². The third-order valence-corrected chi connectivity index (χ3v) is 5.68. The molecule has 0 aliphatic carbocycles. The lowest BCUT2D eigenvalue weighted by Gasteiger charge is -2.14. The molecule has 0 aliphatic heterocycles. The second-order valence-corrected chi connectivity index (χ2v) is 7.57. The van der Waals surface area contributed by atoms with Gasteiger partial charge in [0.1, 0.15) is 27.6 Å². The van der Waals surface area contributed by atoms with Crippen molar-refractivity contribution in [2.75, 3.05) is 12.4 Å². The van der Waals surface area contributed by atoms with Gasteiger partial charge in [-0.25, -0.2) is 14.8 Å². The first-order valence-corrected chi connectivity index (χ1v) is 9.88. The summed E-state index contributed by atoms with van der Waals surface area (Å²) in [6.07, 6.45) is 1.45. The molecule has 0 radical (unpaired) electrons. The molecule has 4 rings (SSSR count). The third kappa shape index (κ3) is 3.87. The number of halogens is 1. The molecule has 2 aromatic carbocycles. The highest BCUT2D eigenvalue weighted by molar-refractivity contribution is 7.20. The molecule has 146 valence electrons. The van der Waals surface area contributed by atoms with Crippen molar-refractivity contribution in [3.63, 3.8) is 0 Å². The lowest BCUT2D eigenvalue weighted by atomic mass is 10.2. The number of hydrogen-bond acceptors (Lipinski definition) is 7. The van der Waals surface area contributed by atoms with Crippen LogP contribution in [0.1, 0.15) is 15.2 Å². The maximum Gasteiger partial charge on any atom is 0.348 e. The minimum absolute atomic E-state index is 0.396. The van der Waals surface area contributed by atoms with E-state index in [0.717, 1.165) is 10.9 Å². The van der Waals surface area contributed by atoms with Gasteiger partial charge < -0.3 is 14.8 Å². The quantitative estimate of drug-likeness (QED) is 0.397. The number of hydrogen-bond donors (Lipinski definition) is 1. The molecule has 0 saturated heterocycles. The molecule has 0 saturated carbocycles. The van der Waals surface area contributed by atoms with Gasteiger partial charge in [-0.3, -0.25) is 0 Å². The topological polar surface area (TPSA) is 73.3 Å². The smallest absolute Gasteiger partial charge is 0.348 e. The number of rotatable bonds is 5.